The third-order valence-electron chi connectivity index (χ3n) is 3.46. The normalized spacial score (nSPS) is 12.8. The van der Waals surface area contributed by atoms with Gasteiger partial charge < -0.3 is 10.2 Å². The molecule has 0 aliphatic carbocycles. The van der Waals surface area contributed by atoms with E-state index < -0.39 is 0 Å². The van der Waals surface area contributed by atoms with Gasteiger partial charge in [0.2, 0.25) is 0 Å². The SMILES string of the molecule is Cc1c(C(N)c2ccccc2Br)oc2cc(F)ccc12. The average molecular weight is 334 g/mol. The molecule has 2 aromatic carbocycles. The highest BCUT2D eigenvalue weighted by Crippen LogP contribution is 2.34. The highest BCUT2D eigenvalue weighted by atomic mass is 79.9. The molecule has 0 spiro atoms. The third kappa shape index (κ3) is 2.15. The summed E-state index contributed by atoms with van der Waals surface area (Å²) in [5, 5.41) is 0.893. The Morgan fingerprint density at radius 1 is 1.20 bits per heavy atom. The van der Waals surface area contributed by atoms with Gasteiger partial charge in [0.05, 0.1) is 6.04 Å². The summed E-state index contributed by atoms with van der Waals surface area (Å²) >= 11 is 3.49. The maximum Gasteiger partial charge on any atom is 0.137 e. The Hall–Kier alpha value is -1.65. The van der Waals surface area contributed by atoms with Gasteiger partial charge in [-0.1, -0.05) is 34.1 Å². The van der Waals surface area contributed by atoms with Crippen molar-refractivity contribution in [3.05, 3.63) is 69.6 Å². The molecule has 20 heavy (non-hydrogen) atoms. The lowest BCUT2D eigenvalue weighted by Gasteiger charge is -2.12. The lowest BCUT2D eigenvalue weighted by molar-refractivity contribution is 0.518. The zero-order valence-electron chi connectivity index (χ0n) is 10.9. The standard InChI is InChI=1S/C16H13BrFNO/c1-9-11-7-6-10(18)8-14(11)20-16(9)15(19)12-4-2-3-5-13(12)17/h2-8,15H,19H2,1H3. The van der Waals surface area contributed by atoms with Crippen LogP contribution in [0.3, 0.4) is 0 Å². The summed E-state index contributed by atoms with van der Waals surface area (Å²) in [7, 11) is 0. The summed E-state index contributed by atoms with van der Waals surface area (Å²) < 4.78 is 20.0. The van der Waals surface area contributed by atoms with Crippen molar-refractivity contribution >= 4 is 26.9 Å². The van der Waals surface area contributed by atoms with E-state index in [0.717, 1.165) is 21.0 Å². The van der Waals surface area contributed by atoms with E-state index >= 15 is 0 Å². The topological polar surface area (TPSA) is 39.2 Å². The minimum atomic E-state index is -0.388. The zero-order valence-corrected chi connectivity index (χ0v) is 12.4. The molecule has 0 aliphatic rings. The van der Waals surface area contributed by atoms with Crippen LogP contribution in [0.4, 0.5) is 4.39 Å². The van der Waals surface area contributed by atoms with Crippen LogP contribution < -0.4 is 5.73 Å². The van der Waals surface area contributed by atoms with E-state index in [1.165, 1.54) is 12.1 Å². The molecule has 4 heteroatoms. The quantitative estimate of drug-likeness (QED) is 0.738. The van der Waals surface area contributed by atoms with Crippen LogP contribution >= 0.6 is 15.9 Å². The maximum atomic E-state index is 13.3. The summed E-state index contributed by atoms with van der Waals surface area (Å²) in [5.41, 5.74) is 8.72. The third-order valence-corrected chi connectivity index (χ3v) is 4.18. The molecule has 0 fully saturated rings. The van der Waals surface area contributed by atoms with Crippen LogP contribution in [0.1, 0.15) is 22.9 Å². The summed E-state index contributed by atoms with van der Waals surface area (Å²) in [4.78, 5) is 0. The van der Waals surface area contributed by atoms with E-state index in [1.807, 2.05) is 31.2 Å². The van der Waals surface area contributed by atoms with Crippen molar-refractivity contribution in [3.63, 3.8) is 0 Å². The molecule has 3 rings (SSSR count). The first-order valence-corrected chi connectivity index (χ1v) is 7.06. The van der Waals surface area contributed by atoms with Gasteiger partial charge in [-0.2, -0.15) is 0 Å². The van der Waals surface area contributed by atoms with Crippen molar-refractivity contribution in [1.29, 1.82) is 0 Å². The molecule has 0 bridgehead atoms. The molecule has 1 aromatic heterocycles. The van der Waals surface area contributed by atoms with Gasteiger partial charge in [0.25, 0.3) is 0 Å². The van der Waals surface area contributed by atoms with Crippen LogP contribution in [-0.2, 0) is 0 Å². The molecule has 102 valence electrons. The second-order valence-corrected chi connectivity index (χ2v) is 5.59. The average Bonchev–Trinajstić information content (AvgIpc) is 2.75. The molecule has 2 N–H and O–H groups in total. The second kappa shape index (κ2) is 5.04. The van der Waals surface area contributed by atoms with Crippen molar-refractivity contribution in [3.8, 4) is 0 Å². The highest BCUT2D eigenvalue weighted by molar-refractivity contribution is 9.10. The first-order valence-electron chi connectivity index (χ1n) is 6.26. The number of halogens is 2. The van der Waals surface area contributed by atoms with E-state index in [-0.39, 0.29) is 11.9 Å². The molecule has 1 heterocycles. The van der Waals surface area contributed by atoms with Crippen LogP contribution in [0.15, 0.2) is 51.4 Å². The minimum Gasteiger partial charge on any atom is -0.459 e. The number of fused-ring (bicyclic) bond motifs is 1. The molecule has 2 nitrogen and oxygen atoms in total. The van der Waals surface area contributed by atoms with Gasteiger partial charge in [0, 0.05) is 21.5 Å². The maximum absolute atomic E-state index is 13.3. The Morgan fingerprint density at radius 3 is 2.70 bits per heavy atom. The predicted molar refractivity (Wildman–Crippen MR) is 81.1 cm³/mol. The number of hydrogen-bond donors (Lipinski definition) is 1. The fourth-order valence-corrected chi connectivity index (χ4v) is 2.91. The largest absolute Gasteiger partial charge is 0.459 e. The Morgan fingerprint density at radius 2 is 1.95 bits per heavy atom. The van der Waals surface area contributed by atoms with Gasteiger partial charge in [0.15, 0.2) is 0 Å². The fraction of sp³-hybridized carbons (Fsp3) is 0.125. The molecule has 1 unspecified atom stereocenters. The first kappa shape index (κ1) is 13.3. The summed E-state index contributed by atoms with van der Waals surface area (Å²) in [6, 6.07) is 11.9. The number of rotatable bonds is 2. The Bertz CT molecular complexity index is 781. The van der Waals surface area contributed by atoms with E-state index in [4.69, 9.17) is 10.2 Å². The van der Waals surface area contributed by atoms with Crippen LogP contribution in [0.2, 0.25) is 0 Å². The molecular weight excluding hydrogens is 321 g/mol. The summed E-state index contributed by atoms with van der Waals surface area (Å²) in [5.74, 6) is 0.352. The van der Waals surface area contributed by atoms with Crippen LogP contribution in [0.5, 0.6) is 0 Å². The zero-order chi connectivity index (χ0) is 14.3. The summed E-state index contributed by atoms with van der Waals surface area (Å²) in [6.45, 7) is 1.94. The fourth-order valence-electron chi connectivity index (χ4n) is 2.38. The Kier molecular flexibility index (Phi) is 3.36. The summed E-state index contributed by atoms with van der Waals surface area (Å²) in [6.07, 6.45) is 0. The molecule has 0 amide bonds. The Balaban J connectivity index is 2.15. The smallest absolute Gasteiger partial charge is 0.137 e. The van der Waals surface area contributed by atoms with Crippen molar-refractivity contribution in [2.24, 2.45) is 5.73 Å². The molecule has 0 saturated carbocycles. The number of nitrogens with two attached hydrogens (primary N) is 1. The highest BCUT2D eigenvalue weighted by Gasteiger charge is 2.20. The van der Waals surface area contributed by atoms with E-state index in [2.05, 4.69) is 15.9 Å². The monoisotopic (exact) mass is 333 g/mol. The van der Waals surface area contributed by atoms with Crippen LogP contribution in [-0.4, -0.2) is 0 Å². The van der Waals surface area contributed by atoms with Gasteiger partial charge in [-0.15, -0.1) is 0 Å². The van der Waals surface area contributed by atoms with Gasteiger partial charge in [-0.3, -0.25) is 0 Å². The number of hydrogen-bond acceptors (Lipinski definition) is 2. The van der Waals surface area contributed by atoms with Gasteiger partial charge in [-0.25, -0.2) is 4.39 Å². The van der Waals surface area contributed by atoms with E-state index in [1.54, 1.807) is 6.07 Å². The Labute approximate surface area is 124 Å². The molecule has 0 aliphatic heterocycles. The number of aryl methyl sites for hydroxylation is 1. The minimum absolute atomic E-state index is 0.313. The van der Waals surface area contributed by atoms with Gasteiger partial charge in [-0.05, 0) is 30.7 Å². The lowest BCUT2D eigenvalue weighted by atomic mass is 10.0. The van der Waals surface area contributed by atoms with Crippen LogP contribution in [0, 0.1) is 12.7 Å². The second-order valence-electron chi connectivity index (χ2n) is 4.73. The molecule has 0 saturated heterocycles. The van der Waals surface area contributed by atoms with Crippen molar-refractivity contribution in [2.75, 3.05) is 0 Å². The molecular formula is C16H13BrFNO. The molecule has 0 radical (unpaired) electrons. The molecule has 1 atom stereocenters. The first-order chi connectivity index (χ1) is 9.58. The van der Waals surface area contributed by atoms with E-state index in [9.17, 15) is 4.39 Å². The van der Waals surface area contributed by atoms with Crippen LogP contribution in [0.25, 0.3) is 11.0 Å². The lowest BCUT2D eigenvalue weighted by Crippen LogP contribution is -2.12. The predicted octanol–water partition coefficient (Wildman–Crippen LogP) is 4.69. The number of benzene rings is 2. The van der Waals surface area contributed by atoms with E-state index in [0.29, 0.717) is 11.3 Å². The van der Waals surface area contributed by atoms with Crippen molar-refractivity contribution in [2.45, 2.75) is 13.0 Å². The van der Waals surface area contributed by atoms with Crippen molar-refractivity contribution in [1.82, 2.24) is 0 Å². The van der Waals surface area contributed by atoms with Gasteiger partial charge in [0.1, 0.15) is 17.2 Å². The van der Waals surface area contributed by atoms with Gasteiger partial charge >= 0.3 is 0 Å². The van der Waals surface area contributed by atoms with Crippen molar-refractivity contribution < 1.29 is 8.81 Å². The number of furan rings is 1. The molecule has 3 aromatic rings.